The van der Waals surface area contributed by atoms with Crippen LogP contribution in [0.15, 0.2) is 140 Å². The highest BCUT2D eigenvalue weighted by Gasteiger charge is 2.38. The molecule has 6 rings (SSSR count). The highest BCUT2D eigenvalue weighted by Crippen LogP contribution is 2.49. The van der Waals surface area contributed by atoms with Crippen LogP contribution in [0.25, 0.3) is 11.1 Å². The summed E-state index contributed by atoms with van der Waals surface area (Å²) in [4.78, 5) is 26.3. The van der Waals surface area contributed by atoms with Crippen LogP contribution in [-0.2, 0) is 19.1 Å². The van der Waals surface area contributed by atoms with Gasteiger partial charge in [-0.05, 0) is 45.9 Å². The van der Waals surface area contributed by atoms with Crippen molar-refractivity contribution in [2.45, 2.75) is 24.0 Å². The summed E-state index contributed by atoms with van der Waals surface area (Å²) in [6.45, 7) is 1.84. The minimum atomic E-state index is -0.557. The zero-order valence-electron chi connectivity index (χ0n) is 24.2. The lowest BCUT2D eigenvalue weighted by atomic mass is 9.84. The lowest BCUT2D eigenvalue weighted by molar-refractivity contribution is -0.146. The minimum absolute atomic E-state index is 0.0101. The minimum Gasteiger partial charge on any atom is -0.465 e. The van der Waals surface area contributed by atoms with Crippen molar-refractivity contribution < 1.29 is 14.3 Å². The van der Waals surface area contributed by atoms with E-state index in [1.165, 1.54) is 22.3 Å². The fourth-order valence-electron chi connectivity index (χ4n) is 6.19. The molecule has 0 saturated heterocycles. The maximum Gasteiger partial charge on any atom is 0.306 e. The zero-order chi connectivity index (χ0) is 29.6. The molecule has 214 valence electrons. The molecule has 5 aromatic rings. The van der Waals surface area contributed by atoms with E-state index in [-0.39, 0.29) is 30.7 Å². The molecule has 0 bridgehead atoms. The third kappa shape index (κ3) is 5.80. The Hall–Kier alpha value is -4.41. The van der Waals surface area contributed by atoms with Crippen molar-refractivity contribution in [2.24, 2.45) is 5.92 Å². The Morgan fingerprint density at radius 1 is 0.651 bits per heavy atom. The summed E-state index contributed by atoms with van der Waals surface area (Å²) in [5.74, 6) is -0.367. The average molecular weight is 583 g/mol. The molecule has 0 heterocycles. The molecule has 0 spiro atoms. The molecular weight excluding hydrogens is 548 g/mol. The van der Waals surface area contributed by atoms with Gasteiger partial charge in [0.1, 0.15) is 12.4 Å². The van der Waals surface area contributed by atoms with Crippen molar-refractivity contribution in [3.05, 3.63) is 167 Å². The molecule has 1 unspecified atom stereocenters. The van der Waals surface area contributed by atoms with Gasteiger partial charge in [0, 0.05) is 17.6 Å². The lowest BCUT2D eigenvalue weighted by Crippen LogP contribution is -2.29. The summed E-state index contributed by atoms with van der Waals surface area (Å²) < 4.78 is 5.35. The van der Waals surface area contributed by atoms with E-state index in [9.17, 15) is 9.59 Å². The largest absolute Gasteiger partial charge is 0.465 e. The van der Waals surface area contributed by atoms with E-state index < -0.39 is 10.7 Å². The first-order valence-corrected chi connectivity index (χ1v) is 15.7. The Morgan fingerprint density at radius 2 is 1.07 bits per heavy atom. The Kier molecular flexibility index (Phi) is 8.57. The molecule has 0 radical (unpaired) electrons. The van der Waals surface area contributed by atoms with Crippen LogP contribution in [0.4, 0.5) is 0 Å². The number of carbonyl (C=O) groups excluding carboxylic acids is 2. The van der Waals surface area contributed by atoms with Gasteiger partial charge in [-0.25, -0.2) is 0 Å². The third-order valence-corrected chi connectivity index (χ3v) is 10.1. The number of fused-ring (bicyclic) bond motifs is 3. The average Bonchev–Trinajstić information content (AvgIpc) is 3.38. The second kappa shape index (κ2) is 12.8. The first-order chi connectivity index (χ1) is 21.1. The van der Waals surface area contributed by atoms with Crippen molar-refractivity contribution in [2.75, 3.05) is 12.4 Å². The van der Waals surface area contributed by atoms with Crippen molar-refractivity contribution in [1.82, 2.24) is 0 Å². The first kappa shape index (κ1) is 28.7. The second-order valence-electron chi connectivity index (χ2n) is 11.0. The van der Waals surface area contributed by atoms with Gasteiger partial charge in [-0.15, -0.1) is 11.8 Å². The SMILES string of the molecule is CC(=O)C(CSC(c1ccccc1)(c1ccccc1)c1ccccc1)CC(=O)OCC1c2ccccc2-c2ccccc21. The van der Waals surface area contributed by atoms with Gasteiger partial charge >= 0.3 is 5.97 Å². The van der Waals surface area contributed by atoms with E-state index >= 15 is 0 Å². The molecular formula is C39H34O3S. The normalized spacial score (nSPS) is 13.1. The lowest BCUT2D eigenvalue weighted by Gasteiger charge is -2.36. The van der Waals surface area contributed by atoms with E-state index in [0.717, 1.165) is 16.7 Å². The molecule has 1 atom stereocenters. The van der Waals surface area contributed by atoms with Gasteiger partial charge in [0.25, 0.3) is 0 Å². The number of ketones is 1. The van der Waals surface area contributed by atoms with Crippen molar-refractivity contribution in [3.8, 4) is 11.1 Å². The molecule has 4 heteroatoms. The van der Waals surface area contributed by atoms with Crippen molar-refractivity contribution in [3.63, 3.8) is 0 Å². The maximum atomic E-state index is 13.3. The summed E-state index contributed by atoms with van der Waals surface area (Å²) in [5.41, 5.74) is 8.11. The van der Waals surface area contributed by atoms with Gasteiger partial charge in [-0.2, -0.15) is 0 Å². The van der Waals surface area contributed by atoms with Gasteiger partial charge in [-0.1, -0.05) is 140 Å². The van der Waals surface area contributed by atoms with Crippen LogP contribution in [-0.4, -0.2) is 24.1 Å². The molecule has 3 nitrogen and oxygen atoms in total. The van der Waals surface area contributed by atoms with Crippen LogP contribution >= 0.6 is 11.8 Å². The Bertz CT molecular complexity index is 1560. The summed E-state index contributed by atoms with van der Waals surface area (Å²) >= 11 is 1.70. The van der Waals surface area contributed by atoms with E-state index in [0.29, 0.717) is 5.75 Å². The Morgan fingerprint density at radius 3 is 1.51 bits per heavy atom. The van der Waals surface area contributed by atoms with Crippen LogP contribution in [0.1, 0.15) is 47.1 Å². The third-order valence-electron chi connectivity index (χ3n) is 8.40. The fourth-order valence-corrected chi connectivity index (χ4v) is 7.90. The number of hydrogen-bond acceptors (Lipinski definition) is 4. The Labute approximate surface area is 257 Å². The van der Waals surface area contributed by atoms with Crippen LogP contribution in [0.3, 0.4) is 0 Å². The zero-order valence-corrected chi connectivity index (χ0v) is 25.0. The molecule has 0 saturated carbocycles. The van der Waals surface area contributed by atoms with E-state index in [1.54, 1.807) is 18.7 Å². The standard InChI is InChI=1S/C39H34O3S/c1-28(40)29(25-38(41)42-26-37-35-23-13-11-21-33(35)34-22-12-14-24-36(34)37)27-43-39(30-15-5-2-6-16-30,31-17-7-3-8-18-31)32-19-9-4-10-20-32/h2-24,29,37H,25-27H2,1H3. The van der Waals surface area contributed by atoms with E-state index in [2.05, 4.69) is 97.1 Å². The van der Waals surface area contributed by atoms with Gasteiger partial charge < -0.3 is 4.74 Å². The molecule has 0 fully saturated rings. The summed E-state index contributed by atoms with van der Waals surface area (Å²) in [5, 5.41) is 0. The summed E-state index contributed by atoms with van der Waals surface area (Å²) in [6, 6.07) is 47.8. The predicted octanol–water partition coefficient (Wildman–Crippen LogP) is 8.66. The highest BCUT2D eigenvalue weighted by molar-refractivity contribution is 8.00. The van der Waals surface area contributed by atoms with Gasteiger partial charge in [-0.3, -0.25) is 9.59 Å². The molecule has 5 aromatic carbocycles. The topological polar surface area (TPSA) is 43.4 Å². The fraction of sp³-hybridized carbons (Fsp3) is 0.179. The number of Topliss-reactive ketones (excluding diaryl/α,β-unsaturated/α-hetero) is 1. The quantitative estimate of drug-likeness (QED) is 0.115. The van der Waals surface area contributed by atoms with Crippen molar-refractivity contribution >= 4 is 23.5 Å². The van der Waals surface area contributed by atoms with E-state index in [4.69, 9.17) is 4.74 Å². The van der Waals surface area contributed by atoms with Crippen LogP contribution in [0, 0.1) is 5.92 Å². The number of hydrogen-bond donors (Lipinski definition) is 0. The van der Waals surface area contributed by atoms with Crippen molar-refractivity contribution in [1.29, 1.82) is 0 Å². The maximum absolute atomic E-state index is 13.3. The van der Waals surface area contributed by atoms with Crippen LogP contribution in [0.5, 0.6) is 0 Å². The molecule has 0 amide bonds. The smallest absolute Gasteiger partial charge is 0.306 e. The van der Waals surface area contributed by atoms with Crippen LogP contribution < -0.4 is 0 Å². The molecule has 1 aliphatic rings. The number of rotatable bonds is 11. The number of esters is 1. The molecule has 43 heavy (non-hydrogen) atoms. The first-order valence-electron chi connectivity index (χ1n) is 14.7. The van der Waals surface area contributed by atoms with Gasteiger partial charge in [0.15, 0.2) is 0 Å². The molecule has 1 aliphatic carbocycles. The number of ether oxygens (including phenoxy) is 1. The summed E-state index contributed by atoms with van der Waals surface area (Å²) in [7, 11) is 0. The molecule has 0 aliphatic heterocycles. The summed E-state index contributed by atoms with van der Waals surface area (Å²) in [6.07, 6.45) is 0.0484. The Balaban J connectivity index is 1.23. The monoisotopic (exact) mass is 582 g/mol. The van der Waals surface area contributed by atoms with Gasteiger partial charge in [0.2, 0.25) is 0 Å². The number of carbonyl (C=O) groups is 2. The van der Waals surface area contributed by atoms with E-state index in [1.807, 2.05) is 42.5 Å². The molecule has 0 N–H and O–H groups in total. The second-order valence-corrected chi connectivity index (χ2v) is 12.2. The molecule has 0 aromatic heterocycles. The number of benzene rings is 5. The predicted molar refractivity (Wildman–Crippen MR) is 175 cm³/mol. The van der Waals surface area contributed by atoms with Crippen LogP contribution in [0.2, 0.25) is 0 Å². The number of thioether (sulfide) groups is 1. The highest BCUT2D eigenvalue weighted by atomic mass is 32.2. The van der Waals surface area contributed by atoms with Gasteiger partial charge in [0.05, 0.1) is 11.2 Å².